The maximum atomic E-state index is 5.62. The number of benzene rings is 1. The second-order valence-electron chi connectivity index (χ2n) is 3.63. The fourth-order valence-corrected chi connectivity index (χ4v) is 1.91. The molecule has 0 radical (unpaired) electrons. The lowest BCUT2D eigenvalue weighted by molar-refractivity contribution is -0.186. The molecule has 5 heteroatoms. The second-order valence-corrected chi connectivity index (χ2v) is 3.63. The third-order valence-corrected chi connectivity index (χ3v) is 2.79. The lowest BCUT2D eigenvalue weighted by Gasteiger charge is -2.27. The zero-order valence-electron chi connectivity index (χ0n) is 10.3. The Kier molecular flexibility index (Phi) is 3.51. The van der Waals surface area contributed by atoms with Gasteiger partial charge in [0.25, 0.3) is 5.91 Å². The summed E-state index contributed by atoms with van der Waals surface area (Å²) in [5, 5.41) is 3.04. The van der Waals surface area contributed by atoms with Crippen molar-refractivity contribution in [3.8, 4) is 11.5 Å². The van der Waals surface area contributed by atoms with Gasteiger partial charge in [0.1, 0.15) is 0 Å². The zero-order valence-corrected chi connectivity index (χ0v) is 10.3. The van der Waals surface area contributed by atoms with Crippen LogP contribution in [0, 0.1) is 0 Å². The minimum atomic E-state index is -0.875. The van der Waals surface area contributed by atoms with Crippen LogP contribution in [0.2, 0.25) is 0 Å². The first-order valence-corrected chi connectivity index (χ1v) is 5.45. The highest BCUT2D eigenvalue weighted by Gasteiger charge is 2.37. The second kappa shape index (κ2) is 4.91. The Morgan fingerprint density at radius 1 is 1.12 bits per heavy atom. The summed E-state index contributed by atoms with van der Waals surface area (Å²) >= 11 is 0. The summed E-state index contributed by atoms with van der Waals surface area (Å²) in [4.78, 5) is 0. The van der Waals surface area contributed by atoms with Gasteiger partial charge in [-0.3, -0.25) is 5.32 Å². The first kappa shape index (κ1) is 12.2. The van der Waals surface area contributed by atoms with Gasteiger partial charge in [-0.15, -0.1) is 0 Å². The molecule has 1 aromatic rings. The third-order valence-electron chi connectivity index (χ3n) is 2.79. The van der Waals surface area contributed by atoms with Crippen LogP contribution in [0.1, 0.15) is 5.56 Å². The fraction of sp³-hybridized carbons (Fsp3) is 0.500. The molecule has 1 heterocycles. The van der Waals surface area contributed by atoms with Crippen LogP contribution in [0.25, 0.3) is 0 Å². The van der Waals surface area contributed by atoms with Crippen LogP contribution in [0.3, 0.4) is 0 Å². The van der Waals surface area contributed by atoms with Gasteiger partial charge in [-0.05, 0) is 25.2 Å². The van der Waals surface area contributed by atoms with Gasteiger partial charge in [-0.1, -0.05) is 0 Å². The molecule has 17 heavy (non-hydrogen) atoms. The molecule has 1 aromatic carbocycles. The molecule has 0 atom stereocenters. The molecule has 0 unspecified atom stereocenters. The van der Waals surface area contributed by atoms with E-state index in [0.29, 0.717) is 24.7 Å². The van der Waals surface area contributed by atoms with E-state index in [-0.39, 0.29) is 0 Å². The van der Waals surface area contributed by atoms with E-state index in [1.54, 1.807) is 21.3 Å². The normalized spacial score (nSPS) is 18.1. The van der Waals surface area contributed by atoms with Crippen molar-refractivity contribution in [2.45, 2.75) is 5.91 Å². The predicted molar refractivity (Wildman–Crippen MR) is 62.2 cm³/mol. The van der Waals surface area contributed by atoms with E-state index in [1.165, 1.54) is 0 Å². The van der Waals surface area contributed by atoms with Crippen LogP contribution in [0.5, 0.6) is 11.5 Å². The standard InChI is InChI=1S/C12H17NO4/c1-13-12(16-6-7-17-12)9-4-5-10(14-2)11(8-9)15-3/h4-5,8,13H,6-7H2,1-3H3. The van der Waals surface area contributed by atoms with Crippen molar-refractivity contribution >= 4 is 0 Å². The average Bonchev–Trinajstić information content (AvgIpc) is 2.88. The van der Waals surface area contributed by atoms with Gasteiger partial charge in [-0.2, -0.15) is 0 Å². The molecular formula is C12H17NO4. The molecule has 1 fully saturated rings. The van der Waals surface area contributed by atoms with E-state index < -0.39 is 5.91 Å². The lowest BCUT2D eigenvalue weighted by atomic mass is 10.1. The number of hydrogen-bond donors (Lipinski definition) is 1. The molecule has 0 aliphatic carbocycles. The highest BCUT2D eigenvalue weighted by molar-refractivity contribution is 5.44. The van der Waals surface area contributed by atoms with Crippen LogP contribution >= 0.6 is 0 Å². The number of methoxy groups -OCH3 is 2. The monoisotopic (exact) mass is 239 g/mol. The van der Waals surface area contributed by atoms with Crippen LogP contribution < -0.4 is 14.8 Å². The first-order chi connectivity index (χ1) is 8.25. The van der Waals surface area contributed by atoms with Crippen molar-refractivity contribution in [1.29, 1.82) is 0 Å². The van der Waals surface area contributed by atoms with Gasteiger partial charge in [0.2, 0.25) is 0 Å². The van der Waals surface area contributed by atoms with Crippen molar-refractivity contribution in [2.75, 3.05) is 34.5 Å². The number of rotatable bonds is 4. The van der Waals surface area contributed by atoms with Gasteiger partial charge >= 0.3 is 0 Å². The maximum Gasteiger partial charge on any atom is 0.255 e. The Balaban J connectivity index is 2.38. The fourth-order valence-electron chi connectivity index (χ4n) is 1.91. The van der Waals surface area contributed by atoms with Gasteiger partial charge in [0.15, 0.2) is 11.5 Å². The van der Waals surface area contributed by atoms with Crippen LogP contribution in [-0.4, -0.2) is 34.5 Å². The molecule has 2 rings (SSSR count). The summed E-state index contributed by atoms with van der Waals surface area (Å²) in [6, 6.07) is 5.57. The molecule has 1 aliphatic heterocycles. The minimum absolute atomic E-state index is 0.565. The minimum Gasteiger partial charge on any atom is -0.493 e. The smallest absolute Gasteiger partial charge is 0.255 e. The summed E-state index contributed by atoms with van der Waals surface area (Å²) in [7, 11) is 5.00. The van der Waals surface area contributed by atoms with E-state index in [1.807, 2.05) is 18.2 Å². The number of ether oxygens (including phenoxy) is 4. The molecule has 5 nitrogen and oxygen atoms in total. The van der Waals surface area contributed by atoms with Gasteiger partial charge in [-0.25, -0.2) is 0 Å². The van der Waals surface area contributed by atoms with E-state index in [2.05, 4.69) is 5.32 Å². The Bertz CT molecular complexity index is 388. The lowest BCUT2D eigenvalue weighted by Crippen LogP contribution is -2.40. The van der Waals surface area contributed by atoms with Crippen molar-refractivity contribution in [3.05, 3.63) is 23.8 Å². The van der Waals surface area contributed by atoms with Crippen LogP contribution in [-0.2, 0) is 15.4 Å². The molecule has 0 saturated carbocycles. The largest absolute Gasteiger partial charge is 0.493 e. The predicted octanol–water partition coefficient (Wildman–Crippen LogP) is 1.08. The van der Waals surface area contributed by atoms with Gasteiger partial charge in [0, 0.05) is 5.56 Å². The average molecular weight is 239 g/mol. The summed E-state index contributed by atoms with van der Waals surface area (Å²) in [5.74, 6) is 0.457. The molecular weight excluding hydrogens is 222 g/mol. The van der Waals surface area contributed by atoms with E-state index in [9.17, 15) is 0 Å². The number of nitrogens with one attached hydrogen (secondary N) is 1. The first-order valence-electron chi connectivity index (χ1n) is 5.45. The Morgan fingerprint density at radius 2 is 1.76 bits per heavy atom. The molecule has 0 spiro atoms. The van der Waals surface area contributed by atoms with Crippen molar-refractivity contribution in [1.82, 2.24) is 5.32 Å². The highest BCUT2D eigenvalue weighted by Crippen LogP contribution is 2.35. The topological polar surface area (TPSA) is 49.0 Å². The van der Waals surface area contributed by atoms with Crippen LogP contribution in [0.4, 0.5) is 0 Å². The molecule has 94 valence electrons. The summed E-state index contributed by atoms with van der Waals surface area (Å²) in [6.07, 6.45) is 0. The van der Waals surface area contributed by atoms with Crippen molar-refractivity contribution < 1.29 is 18.9 Å². The van der Waals surface area contributed by atoms with E-state index in [0.717, 1.165) is 5.56 Å². The van der Waals surface area contributed by atoms with E-state index in [4.69, 9.17) is 18.9 Å². The molecule has 1 N–H and O–H groups in total. The SMILES string of the molecule is CNC1(c2ccc(OC)c(OC)c2)OCCO1. The highest BCUT2D eigenvalue weighted by atomic mass is 16.8. The Labute approximate surface area is 101 Å². The zero-order chi connectivity index (χ0) is 12.3. The Morgan fingerprint density at radius 3 is 2.29 bits per heavy atom. The molecule has 1 saturated heterocycles. The summed E-state index contributed by atoms with van der Waals surface area (Å²) in [6.45, 7) is 1.13. The molecule has 1 aliphatic rings. The molecule has 0 amide bonds. The van der Waals surface area contributed by atoms with Gasteiger partial charge < -0.3 is 18.9 Å². The van der Waals surface area contributed by atoms with Crippen molar-refractivity contribution in [3.63, 3.8) is 0 Å². The van der Waals surface area contributed by atoms with E-state index >= 15 is 0 Å². The number of hydrogen-bond acceptors (Lipinski definition) is 5. The molecule has 0 aromatic heterocycles. The van der Waals surface area contributed by atoms with Crippen molar-refractivity contribution in [2.24, 2.45) is 0 Å². The third kappa shape index (κ3) is 2.09. The van der Waals surface area contributed by atoms with Crippen LogP contribution in [0.15, 0.2) is 18.2 Å². The Hall–Kier alpha value is -1.30. The quantitative estimate of drug-likeness (QED) is 0.852. The summed E-state index contributed by atoms with van der Waals surface area (Å²) < 4.78 is 21.7. The van der Waals surface area contributed by atoms with Gasteiger partial charge in [0.05, 0.1) is 27.4 Å². The molecule has 0 bridgehead atoms. The maximum absolute atomic E-state index is 5.62. The summed E-state index contributed by atoms with van der Waals surface area (Å²) in [5.41, 5.74) is 0.857.